The number of alkyl halides is 3. The number of nitrogens with zero attached hydrogens (tertiary/aromatic N) is 3. The summed E-state index contributed by atoms with van der Waals surface area (Å²) in [7, 11) is 1.49. The lowest BCUT2D eigenvalue weighted by Crippen LogP contribution is -2.10. The molecule has 9 heteroatoms. The van der Waals surface area contributed by atoms with Gasteiger partial charge in [0.1, 0.15) is 22.5 Å². The van der Waals surface area contributed by atoms with Gasteiger partial charge in [0.2, 0.25) is 0 Å². The Labute approximate surface area is 221 Å². The molecule has 0 saturated heterocycles. The van der Waals surface area contributed by atoms with Crippen LogP contribution in [0.2, 0.25) is 0 Å². The molecule has 0 aliphatic rings. The molecule has 2 aromatic carbocycles. The van der Waals surface area contributed by atoms with Crippen molar-refractivity contribution < 1.29 is 22.7 Å². The molecule has 5 nitrogen and oxygen atoms in total. The van der Waals surface area contributed by atoms with Gasteiger partial charge in [0.25, 0.3) is 0 Å². The fraction of sp³-hybridized carbons (Fsp3) is 0.103. The van der Waals surface area contributed by atoms with E-state index in [4.69, 9.17) is 4.74 Å². The summed E-state index contributed by atoms with van der Waals surface area (Å²) in [5, 5.41) is 9.83. The van der Waals surface area contributed by atoms with Gasteiger partial charge in [-0.2, -0.15) is 18.4 Å². The molecule has 4 rings (SSSR count). The van der Waals surface area contributed by atoms with Gasteiger partial charge >= 0.3 is 6.18 Å². The molecule has 2 aromatic heterocycles. The summed E-state index contributed by atoms with van der Waals surface area (Å²) in [6.07, 6.45) is 1.43. The van der Waals surface area contributed by atoms with Crippen LogP contribution in [0.15, 0.2) is 90.2 Å². The Bertz CT molecular complexity index is 1520. The number of hydrogen-bond acceptors (Lipinski definition) is 6. The molecule has 0 radical (unpaired) electrons. The van der Waals surface area contributed by atoms with E-state index in [0.29, 0.717) is 28.0 Å². The van der Waals surface area contributed by atoms with Crippen LogP contribution < -0.4 is 4.74 Å². The number of ether oxygens (including phenoxy) is 1. The van der Waals surface area contributed by atoms with Crippen LogP contribution >= 0.6 is 11.8 Å². The summed E-state index contributed by atoms with van der Waals surface area (Å²) in [6.45, 7) is 0. The number of allylic oxidation sites excluding steroid dienone is 1. The van der Waals surface area contributed by atoms with Gasteiger partial charge in [-0.15, -0.1) is 11.8 Å². The van der Waals surface area contributed by atoms with E-state index in [-0.39, 0.29) is 27.7 Å². The van der Waals surface area contributed by atoms with Crippen LogP contribution in [0.25, 0.3) is 17.2 Å². The van der Waals surface area contributed by atoms with Crippen molar-refractivity contribution in [2.45, 2.75) is 17.0 Å². The number of hydrogen-bond donors (Lipinski definition) is 0. The summed E-state index contributed by atoms with van der Waals surface area (Å²) in [5.74, 6) is 0.477. The highest BCUT2D eigenvalue weighted by Gasteiger charge is 2.34. The molecular formula is C29H20F3N3O2S. The zero-order chi connectivity index (χ0) is 27.1. The van der Waals surface area contributed by atoms with Crippen molar-refractivity contribution in [3.8, 4) is 22.9 Å². The van der Waals surface area contributed by atoms with Crippen molar-refractivity contribution in [2.75, 3.05) is 7.11 Å². The van der Waals surface area contributed by atoms with E-state index in [1.54, 1.807) is 72.9 Å². The fourth-order valence-electron chi connectivity index (χ4n) is 3.66. The first-order valence-corrected chi connectivity index (χ1v) is 12.3. The maximum absolute atomic E-state index is 13.7. The molecule has 0 aliphatic carbocycles. The standard InChI is InChI=1S/C29H20F3N3O2S/c1-37-26-12-10-19(9-11-25(36)21-8-5-13-34-17-21)14-22(26)18-38-28-24(16-33)23(20-6-3-2-4-7-20)15-27(35-28)29(30,31)32/h2-15,17H,18H2,1H3/b11-9+. The molecule has 4 aromatic rings. The second-order valence-electron chi connectivity index (χ2n) is 8.01. The number of ketones is 1. The number of nitriles is 1. The van der Waals surface area contributed by atoms with E-state index >= 15 is 0 Å². The molecule has 0 amide bonds. The lowest BCUT2D eigenvalue weighted by molar-refractivity contribution is -0.141. The minimum Gasteiger partial charge on any atom is -0.496 e. The molecule has 0 spiro atoms. The van der Waals surface area contributed by atoms with Crippen molar-refractivity contribution in [2.24, 2.45) is 0 Å². The molecule has 190 valence electrons. The largest absolute Gasteiger partial charge is 0.496 e. The smallest absolute Gasteiger partial charge is 0.433 e. The third-order valence-electron chi connectivity index (χ3n) is 5.52. The highest BCUT2D eigenvalue weighted by atomic mass is 32.2. The average molecular weight is 532 g/mol. The Hall–Kier alpha value is -4.42. The molecule has 0 atom stereocenters. The number of rotatable bonds is 8. The predicted molar refractivity (Wildman–Crippen MR) is 140 cm³/mol. The summed E-state index contributed by atoms with van der Waals surface area (Å²) in [5.41, 5.74) is 1.44. The van der Waals surface area contributed by atoms with Crippen LogP contribution in [-0.2, 0) is 11.9 Å². The Balaban J connectivity index is 1.66. The van der Waals surface area contributed by atoms with Gasteiger partial charge in [0.15, 0.2) is 5.78 Å². The van der Waals surface area contributed by atoms with Gasteiger partial charge in [0, 0.05) is 34.8 Å². The van der Waals surface area contributed by atoms with Gasteiger partial charge in [-0.05, 0) is 47.5 Å². The van der Waals surface area contributed by atoms with E-state index < -0.39 is 11.9 Å². The van der Waals surface area contributed by atoms with Crippen LogP contribution in [0.5, 0.6) is 5.75 Å². The Morgan fingerprint density at radius 1 is 1.11 bits per heavy atom. The number of halogens is 3. The maximum Gasteiger partial charge on any atom is 0.433 e. The van der Waals surface area contributed by atoms with E-state index in [2.05, 4.69) is 9.97 Å². The fourth-order valence-corrected chi connectivity index (χ4v) is 4.64. The monoisotopic (exact) mass is 531 g/mol. The van der Waals surface area contributed by atoms with Crippen LogP contribution in [0.3, 0.4) is 0 Å². The molecule has 0 fully saturated rings. The number of benzene rings is 2. The minimum absolute atomic E-state index is 0.0315. The lowest BCUT2D eigenvalue weighted by Gasteiger charge is -2.15. The van der Waals surface area contributed by atoms with Crippen molar-refractivity contribution in [1.82, 2.24) is 9.97 Å². The topological polar surface area (TPSA) is 75.9 Å². The minimum atomic E-state index is -4.68. The number of methoxy groups -OCH3 is 1. The summed E-state index contributed by atoms with van der Waals surface area (Å²) in [4.78, 5) is 20.1. The molecule has 0 unspecified atom stereocenters. The lowest BCUT2D eigenvalue weighted by atomic mass is 10.0. The van der Waals surface area contributed by atoms with Crippen LogP contribution in [-0.4, -0.2) is 22.9 Å². The van der Waals surface area contributed by atoms with Crippen LogP contribution in [0.1, 0.15) is 32.7 Å². The average Bonchev–Trinajstić information content (AvgIpc) is 2.94. The molecule has 2 heterocycles. The van der Waals surface area contributed by atoms with Crippen molar-refractivity contribution in [1.29, 1.82) is 5.26 Å². The van der Waals surface area contributed by atoms with Crippen LogP contribution in [0.4, 0.5) is 13.2 Å². The number of carbonyl (C=O) groups excluding carboxylic acids is 1. The van der Waals surface area contributed by atoms with Crippen LogP contribution in [0, 0.1) is 11.3 Å². The van der Waals surface area contributed by atoms with Gasteiger partial charge in [-0.1, -0.05) is 42.5 Å². The summed E-state index contributed by atoms with van der Waals surface area (Å²) in [6, 6.07) is 19.9. The summed E-state index contributed by atoms with van der Waals surface area (Å²) < 4.78 is 46.5. The molecule has 38 heavy (non-hydrogen) atoms. The third kappa shape index (κ3) is 6.28. The summed E-state index contributed by atoms with van der Waals surface area (Å²) >= 11 is 1.01. The van der Waals surface area contributed by atoms with E-state index in [1.165, 1.54) is 19.4 Å². The maximum atomic E-state index is 13.7. The molecule has 0 saturated carbocycles. The molecular weight excluding hydrogens is 511 g/mol. The van der Waals surface area contributed by atoms with Crippen molar-refractivity contribution >= 4 is 23.6 Å². The zero-order valence-corrected chi connectivity index (χ0v) is 20.9. The Morgan fingerprint density at radius 2 is 1.89 bits per heavy atom. The first kappa shape index (κ1) is 26.6. The van der Waals surface area contributed by atoms with Crippen molar-refractivity contribution in [3.63, 3.8) is 0 Å². The molecule has 0 N–H and O–H groups in total. The van der Waals surface area contributed by atoms with Gasteiger partial charge in [-0.3, -0.25) is 9.78 Å². The van der Waals surface area contributed by atoms with Gasteiger partial charge in [-0.25, -0.2) is 4.98 Å². The zero-order valence-electron chi connectivity index (χ0n) is 20.1. The normalized spacial score (nSPS) is 11.3. The Morgan fingerprint density at radius 3 is 2.55 bits per heavy atom. The highest BCUT2D eigenvalue weighted by Crippen LogP contribution is 2.38. The third-order valence-corrected chi connectivity index (χ3v) is 6.54. The Kier molecular flexibility index (Phi) is 8.24. The number of thioether (sulfide) groups is 1. The second kappa shape index (κ2) is 11.8. The number of aromatic nitrogens is 2. The van der Waals surface area contributed by atoms with Gasteiger partial charge in [0.05, 0.1) is 12.7 Å². The second-order valence-corrected chi connectivity index (χ2v) is 8.97. The first-order valence-electron chi connectivity index (χ1n) is 11.3. The van der Waals surface area contributed by atoms with E-state index in [1.807, 2.05) is 6.07 Å². The van der Waals surface area contributed by atoms with Crippen molar-refractivity contribution in [3.05, 3.63) is 113 Å². The van der Waals surface area contributed by atoms with E-state index in [9.17, 15) is 23.2 Å². The first-order chi connectivity index (χ1) is 18.3. The molecule has 0 bridgehead atoms. The van der Waals surface area contributed by atoms with Gasteiger partial charge < -0.3 is 4.74 Å². The number of pyridine rings is 2. The number of carbonyl (C=O) groups is 1. The van der Waals surface area contributed by atoms with E-state index in [0.717, 1.165) is 17.8 Å². The predicted octanol–water partition coefficient (Wildman–Crippen LogP) is 7.23. The SMILES string of the molecule is COc1ccc(/C=C/C(=O)c2cccnc2)cc1CSc1nc(C(F)(F)F)cc(-c2ccccc2)c1C#N. The quantitative estimate of drug-likeness (QED) is 0.136. The highest BCUT2D eigenvalue weighted by molar-refractivity contribution is 7.98. The molecule has 0 aliphatic heterocycles.